The van der Waals surface area contributed by atoms with Gasteiger partial charge >= 0.3 is 0 Å². The second-order valence-electron chi connectivity index (χ2n) is 7.38. The summed E-state index contributed by atoms with van der Waals surface area (Å²) in [7, 11) is -4.14. The third-order valence-corrected chi connectivity index (χ3v) is 8.54. The van der Waals surface area contributed by atoms with Crippen LogP contribution < -0.4 is 4.90 Å². The number of anilines is 1. The quantitative estimate of drug-likeness (QED) is 0.211. The van der Waals surface area contributed by atoms with E-state index in [1.165, 1.54) is 36.8 Å². The van der Waals surface area contributed by atoms with Crippen LogP contribution in [0.1, 0.15) is 22.4 Å². The van der Waals surface area contributed by atoms with E-state index in [0.717, 1.165) is 35.4 Å². The van der Waals surface area contributed by atoms with Crippen molar-refractivity contribution < 1.29 is 36.9 Å². The van der Waals surface area contributed by atoms with E-state index in [1.807, 2.05) is 0 Å². The predicted molar refractivity (Wildman–Crippen MR) is 122 cm³/mol. The van der Waals surface area contributed by atoms with Gasteiger partial charge in [0.15, 0.2) is 16.7 Å². The lowest BCUT2D eigenvalue weighted by Gasteiger charge is -2.21. The van der Waals surface area contributed by atoms with E-state index < -0.39 is 38.3 Å². The van der Waals surface area contributed by atoms with Gasteiger partial charge < -0.3 is 13.9 Å². The van der Waals surface area contributed by atoms with E-state index >= 15 is 0 Å². The fraction of sp³-hybridized carbons (Fsp3) is 0.0455. The average Bonchev–Trinajstić information content (AvgIpc) is 3.66. The number of hydrogen-bond donors (Lipinski definition) is 1. The van der Waals surface area contributed by atoms with Crippen molar-refractivity contribution in [1.82, 2.24) is 4.98 Å². The van der Waals surface area contributed by atoms with Crippen LogP contribution in [-0.4, -0.2) is 35.1 Å². The van der Waals surface area contributed by atoms with Crippen molar-refractivity contribution in [2.24, 2.45) is 0 Å². The number of thiazole rings is 1. The van der Waals surface area contributed by atoms with Gasteiger partial charge in [0, 0.05) is 12.1 Å². The number of hydrogen-bond acceptors (Lipinski definition) is 11. The number of carbonyl (C=O) groups is 2. The zero-order valence-electron chi connectivity index (χ0n) is 17.8. The molecular formula is C22H13N3O9S2. The Hall–Kier alpha value is -4.56. The van der Waals surface area contributed by atoms with E-state index in [1.54, 1.807) is 0 Å². The summed E-state index contributed by atoms with van der Waals surface area (Å²) < 4.78 is 36.4. The number of furan rings is 2. The lowest BCUT2D eigenvalue weighted by molar-refractivity contribution is -0.384. The molecule has 1 atom stereocenters. The maximum Gasteiger partial charge on any atom is 0.296 e. The van der Waals surface area contributed by atoms with E-state index in [-0.39, 0.29) is 37.0 Å². The van der Waals surface area contributed by atoms with Crippen molar-refractivity contribution >= 4 is 43.7 Å². The minimum absolute atomic E-state index is 0.122. The average molecular weight is 527 g/mol. The summed E-state index contributed by atoms with van der Waals surface area (Å²) in [5.41, 5.74) is -0.599. The van der Waals surface area contributed by atoms with Gasteiger partial charge in [0.05, 0.1) is 34.1 Å². The highest BCUT2D eigenvalue weighted by Crippen LogP contribution is 2.44. The first kappa shape index (κ1) is 23.2. The van der Waals surface area contributed by atoms with Crippen LogP contribution in [0.15, 0.2) is 96.5 Å². The topological polar surface area (TPSA) is 174 Å². The number of nitro groups is 1. The van der Waals surface area contributed by atoms with Gasteiger partial charge in [-0.15, -0.1) is 0 Å². The minimum Gasteiger partial charge on any atom is -0.503 e. The van der Waals surface area contributed by atoms with E-state index in [2.05, 4.69) is 4.98 Å². The first-order valence-electron chi connectivity index (χ1n) is 10.0. The molecule has 0 radical (unpaired) electrons. The minimum atomic E-state index is -4.14. The summed E-state index contributed by atoms with van der Waals surface area (Å²) in [6, 6.07) is 8.90. The molecule has 4 aromatic rings. The maximum atomic E-state index is 13.1. The number of Topliss-reactive ketones (excluding diaryl/α,β-unsaturated/α-hetero) is 1. The first-order valence-corrected chi connectivity index (χ1v) is 12.3. The molecule has 14 heteroatoms. The molecule has 1 N–H and O–H groups in total. The Morgan fingerprint density at radius 3 is 2.42 bits per heavy atom. The van der Waals surface area contributed by atoms with Crippen LogP contribution >= 0.6 is 11.3 Å². The number of ketones is 1. The molecule has 1 aromatic carbocycles. The largest absolute Gasteiger partial charge is 0.503 e. The summed E-state index contributed by atoms with van der Waals surface area (Å²) in [5.74, 6) is -2.60. The molecule has 182 valence electrons. The molecule has 1 aliphatic heterocycles. The predicted octanol–water partition coefficient (Wildman–Crippen LogP) is 3.85. The van der Waals surface area contributed by atoms with Gasteiger partial charge in [0.2, 0.25) is 15.6 Å². The van der Waals surface area contributed by atoms with Crippen molar-refractivity contribution in [2.75, 3.05) is 4.90 Å². The first-order chi connectivity index (χ1) is 17.2. The molecule has 0 bridgehead atoms. The Bertz CT molecular complexity index is 1620. The van der Waals surface area contributed by atoms with Crippen molar-refractivity contribution in [3.8, 4) is 0 Å². The Labute approximate surface area is 205 Å². The van der Waals surface area contributed by atoms with Gasteiger partial charge in [-0.3, -0.25) is 24.6 Å². The highest BCUT2D eigenvalue weighted by Gasteiger charge is 2.48. The van der Waals surface area contributed by atoms with Crippen LogP contribution in [0, 0.1) is 10.1 Å². The lowest BCUT2D eigenvalue weighted by atomic mass is 10.00. The fourth-order valence-electron chi connectivity index (χ4n) is 3.64. The van der Waals surface area contributed by atoms with Gasteiger partial charge in [-0.05, 0) is 36.4 Å². The fourth-order valence-corrected chi connectivity index (χ4v) is 6.19. The Morgan fingerprint density at radius 2 is 1.81 bits per heavy atom. The molecule has 4 heterocycles. The molecule has 5 rings (SSSR count). The SMILES string of the molecule is O=C(C1=C(O)C(=O)N(c2ncc(S(=O)(=O)c3ccc([N+](=O)[O-])cc3)s2)C1c1ccco1)c1ccco1. The second-order valence-corrected chi connectivity index (χ2v) is 10.6. The molecule has 0 saturated carbocycles. The van der Waals surface area contributed by atoms with Gasteiger partial charge in [-0.1, -0.05) is 11.3 Å². The second kappa shape index (κ2) is 8.58. The number of non-ortho nitro benzene ring substituents is 1. The molecule has 12 nitrogen and oxygen atoms in total. The van der Waals surface area contributed by atoms with E-state index in [0.29, 0.717) is 11.3 Å². The summed E-state index contributed by atoms with van der Waals surface area (Å²) in [5, 5.41) is 21.4. The van der Waals surface area contributed by atoms with Crippen molar-refractivity contribution in [2.45, 2.75) is 15.1 Å². The normalized spacial score (nSPS) is 16.1. The number of carbonyl (C=O) groups excluding carboxylic acids is 2. The number of amides is 1. The molecule has 0 saturated heterocycles. The molecule has 1 amide bonds. The Balaban J connectivity index is 1.55. The van der Waals surface area contributed by atoms with Crippen LogP contribution in [0.3, 0.4) is 0 Å². The zero-order chi connectivity index (χ0) is 25.6. The molecule has 1 unspecified atom stereocenters. The number of aliphatic hydroxyl groups is 1. The molecule has 0 aliphatic carbocycles. The number of rotatable bonds is 7. The number of nitro benzene ring substituents is 1. The van der Waals surface area contributed by atoms with Crippen molar-refractivity contribution in [3.05, 3.63) is 100 Å². The van der Waals surface area contributed by atoms with Crippen LogP contribution in [0.2, 0.25) is 0 Å². The van der Waals surface area contributed by atoms with Crippen LogP contribution in [0.5, 0.6) is 0 Å². The Morgan fingerprint density at radius 1 is 1.11 bits per heavy atom. The van der Waals surface area contributed by atoms with Gasteiger partial charge in [-0.2, -0.15) is 0 Å². The molecular weight excluding hydrogens is 514 g/mol. The van der Waals surface area contributed by atoms with E-state index in [9.17, 15) is 33.2 Å². The molecule has 3 aromatic heterocycles. The molecule has 1 aliphatic rings. The van der Waals surface area contributed by atoms with Crippen LogP contribution in [0.4, 0.5) is 10.8 Å². The van der Waals surface area contributed by atoms with Crippen LogP contribution in [0.25, 0.3) is 0 Å². The highest BCUT2D eigenvalue weighted by molar-refractivity contribution is 7.93. The highest BCUT2D eigenvalue weighted by atomic mass is 32.2. The number of aliphatic hydroxyl groups excluding tert-OH is 1. The molecule has 0 fully saturated rings. The number of sulfone groups is 1. The van der Waals surface area contributed by atoms with E-state index in [4.69, 9.17) is 8.83 Å². The van der Waals surface area contributed by atoms with Crippen molar-refractivity contribution in [1.29, 1.82) is 0 Å². The summed E-state index contributed by atoms with van der Waals surface area (Å²) in [4.78, 5) is 41.2. The summed E-state index contributed by atoms with van der Waals surface area (Å²) in [6.45, 7) is 0. The monoisotopic (exact) mass is 527 g/mol. The third-order valence-electron chi connectivity index (χ3n) is 5.31. The summed E-state index contributed by atoms with van der Waals surface area (Å²) in [6.07, 6.45) is 3.60. The molecule has 0 spiro atoms. The summed E-state index contributed by atoms with van der Waals surface area (Å²) >= 11 is 0.618. The third kappa shape index (κ3) is 3.68. The van der Waals surface area contributed by atoms with Gasteiger partial charge in [0.1, 0.15) is 16.0 Å². The number of nitrogens with zero attached hydrogens (tertiary/aromatic N) is 3. The lowest BCUT2D eigenvalue weighted by Crippen LogP contribution is -2.30. The number of aromatic nitrogens is 1. The van der Waals surface area contributed by atoms with Gasteiger partial charge in [-0.25, -0.2) is 13.4 Å². The van der Waals surface area contributed by atoms with Crippen molar-refractivity contribution in [3.63, 3.8) is 0 Å². The Kier molecular flexibility index (Phi) is 5.53. The van der Waals surface area contributed by atoms with Crippen LogP contribution in [-0.2, 0) is 14.6 Å². The number of benzene rings is 1. The van der Waals surface area contributed by atoms with Gasteiger partial charge in [0.25, 0.3) is 11.6 Å². The molecule has 36 heavy (non-hydrogen) atoms. The smallest absolute Gasteiger partial charge is 0.296 e. The zero-order valence-corrected chi connectivity index (χ0v) is 19.4. The maximum absolute atomic E-state index is 13.1. The standard InChI is InChI=1S/C22H13N3O9S2/c26-19(15-4-2-10-34-15)17-18(14-3-1-9-33-14)24(21(28)20(17)27)22-23-11-16(35-22)36(31,32)13-7-5-12(6-8-13)25(29)30/h1-11,18,27H.